The molecule has 1 aliphatic rings. The second-order valence-electron chi connectivity index (χ2n) is 10.8. The molecule has 3 aromatic carbocycles. The number of imidazole rings is 1. The van der Waals surface area contributed by atoms with Crippen molar-refractivity contribution in [1.29, 1.82) is 0 Å². The monoisotopic (exact) mass is 645 g/mol. The van der Waals surface area contributed by atoms with Crippen molar-refractivity contribution in [2.75, 3.05) is 4.90 Å². The first-order valence-electron chi connectivity index (χ1n) is 14.5. The third kappa shape index (κ3) is 5.55. The number of fused-ring (bicyclic) bond motifs is 1. The number of aliphatic hydroxyl groups is 1. The molecule has 1 amide bonds. The zero-order valence-corrected chi connectivity index (χ0v) is 26.5. The normalized spacial score (nSPS) is 16.0. The number of Topliss-reactive ketones (excluding diaryl/α,β-unsaturated/α-hetero) is 1. The minimum atomic E-state index is -1.00. The average molecular weight is 646 g/mol. The summed E-state index contributed by atoms with van der Waals surface area (Å²) in [5.41, 5.74) is 4.25. The van der Waals surface area contributed by atoms with Crippen LogP contribution in [0.3, 0.4) is 0 Å². The van der Waals surface area contributed by atoms with Gasteiger partial charge in [-0.05, 0) is 61.4 Å². The number of aromatic nitrogens is 4. The van der Waals surface area contributed by atoms with E-state index < -0.39 is 17.7 Å². The fraction of sp³-hybridized carbons (Fsp3) is 0.114. The van der Waals surface area contributed by atoms with Crippen molar-refractivity contribution in [2.24, 2.45) is 0 Å². The quantitative estimate of drug-likeness (QED) is 0.0595. The number of hydrogen-bond acceptors (Lipinski definition) is 9. The molecule has 1 fully saturated rings. The molecule has 1 unspecified atom stereocenters. The minimum Gasteiger partial charge on any atom is -0.505 e. The van der Waals surface area contributed by atoms with Gasteiger partial charge in [0, 0.05) is 11.9 Å². The second kappa shape index (κ2) is 12.3. The Kier molecular flexibility index (Phi) is 7.85. The van der Waals surface area contributed by atoms with E-state index in [1.807, 2.05) is 49.4 Å². The maximum absolute atomic E-state index is 13.9. The topological polar surface area (TPSA) is 110 Å². The zero-order chi connectivity index (χ0) is 31.8. The molecule has 6 aromatic rings. The van der Waals surface area contributed by atoms with Crippen LogP contribution in [0.5, 0.6) is 11.5 Å². The molecule has 0 spiro atoms. The van der Waals surface area contributed by atoms with E-state index in [2.05, 4.69) is 39.4 Å². The lowest BCUT2D eigenvalue weighted by Gasteiger charge is -2.23. The molecule has 0 aliphatic carbocycles. The number of ketones is 1. The molecule has 9 nitrogen and oxygen atoms in total. The van der Waals surface area contributed by atoms with Crippen molar-refractivity contribution in [3.05, 3.63) is 137 Å². The Bertz CT molecular complexity index is 2120. The number of nitrogens with zero attached hydrogens (tertiary/aromatic N) is 5. The van der Waals surface area contributed by atoms with E-state index in [0.29, 0.717) is 44.2 Å². The number of pyridine rings is 1. The van der Waals surface area contributed by atoms with Gasteiger partial charge in [0.25, 0.3) is 5.78 Å². The van der Waals surface area contributed by atoms with Crippen LogP contribution >= 0.6 is 23.1 Å². The number of anilines is 1. The van der Waals surface area contributed by atoms with Gasteiger partial charge in [-0.1, -0.05) is 89.3 Å². The number of para-hydroxylation sites is 1. The van der Waals surface area contributed by atoms with Gasteiger partial charge < -0.3 is 9.84 Å². The molecular formula is C35H27N5O4S2. The van der Waals surface area contributed by atoms with Crippen LogP contribution < -0.4 is 9.64 Å². The van der Waals surface area contributed by atoms with E-state index in [1.54, 1.807) is 47.9 Å². The van der Waals surface area contributed by atoms with Crippen LogP contribution in [0.4, 0.5) is 5.13 Å². The van der Waals surface area contributed by atoms with Crippen LogP contribution in [0.1, 0.15) is 34.1 Å². The fourth-order valence-electron chi connectivity index (χ4n) is 5.43. The average Bonchev–Trinajstić information content (AvgIpc) is 3.74. The lowest BCUT2D eigenvalue weighted by atomic mass is 9.96. The number of aliphatic hydroxyl groups excluding tert-OH is 1. The Hall–Kier alpha value is -5.26. The third-order valence-corrected chi connectivity index (χ3v) is 9.74. The Morgan fingerprint density at radius 2 is 1.67 bits per heavy atom. The first-order valence-corrected chi connectivity index (χ1v) is 16.3. The highest BCUT2D eigenvalue weighted by atomic mass is 32.2. The van der Waals surface area contributed by atoms with Crippen molar-refractivity contribution in [3.63, 3.8) is 0 Å². The summed E-state index contributed by atoms with van der Waals surface area (Å²) < 4.78 is 8.45. The standard InChI is InChI=1S/C35H27N5O4S2/c1-21-14-16-23(17-15-21)20-45-35-38-37-34(46-35)40-30(24-9-8-12-26(19-24)44-25-10-4-3-5-11-25)28(32(42)33(40)43)31(41)29-22(2)36-27-13-6-7-18-39(27)29/h3-19,30,41H,20H2,1-2H3. The molecular weight excluding hydrogens is 619 g/mol. The van der Waals surface area contributed by atoms with Crippen LogP contribution in [0.2, 0.25) is 0 Å². The molecule has 4 heterocycles. The van der Waals surface area contributed by atoms with Crippen LogP contribution in [-0.2, 0) is 15.3 Å². The summed E-state index contributed by atoms with van der Waals surface area (Å²) in [5, 5.41) is 20.8. The highest BCUT2D eigenvalue weighted by Gasteiger charge is 2.49. The van der Waals surface area contributed by atoms with Crippen LogP contribution in [-0.4, -0.2) is 36.4 Å². The lowest BCUT2D eigenvalue weighted by molar-refractivity contribution is -0.132. The maximum Gasteiger partial charge on any atom is 0.301 e. The molecule has 11 heteroatoms. The molecule has 0 radical (unpaired) electrons. The number of carbonyl (C=O) groups excluding carboxylic acids is 2. The van der Waals surface area contributed by atoms with E-state index in [0.717, 1.165) is 5.56 Å². The van der Waals surface area contributed by atoms with E-state index in [-0.39, 0.29) is 16.5 Å². The van der Waals surface area contributed by atoms with E-state index in [9.17, 15) is 14.7 Å². The maximum atomic E-state index is 13.9. The summed E-state index contributed by atoms with van der Waals surface area (Å²) >= 11 is 2.72. The van der Waals surface area contributed by atoms with E-state index >= 15 is 0 Å². The fourth-order valence-corrected chi connectivity index (χ4v) is 7.26. The van der Waals surface area contributed by atoms with Gasteiger partial charge in [-0.15, -0.1) is 10.2 Å². The van der Waals surface area contributed by atoms with Crippen molar-refractivity contribution in [3.8, 4) is 11.5 Å². The van der Waals surface area contributed by atoms with Crippen LogP contribution in [0.15, 0.2) is 113 Å². The van der Waals surface area contributed by atoms with Gasteiger partial charge in [0.15, 0.2) is 10.1 Å². The summed E-state index contributed by atoms with van der Waals surface area (Å²) in [4.78, 5) is 33.6. The summed E-state index contributed by atoms with van der Waals surface area (Å²) in [6, 6.07) is 29.1. The highest BCUT2D eigenvalue weighted by Crippen LogP contribution is 2.45. The zero-order valence-electron chi connectivity index (χ0n) is 24.8. The van der Waals surface area contributed by atoms with E-state index in [1.165, 1.54) is 33.6 Å². The predicted octanol–water partition coefficient (Wildman–Crippen LogP) is 7.51. The third-order valence-electron chi connectivity index (χ3n) is 7.61. The van der Waals surface area contributed by atoms with Gasteiger partial charge in [0.1, 0.15) is 22.8 Å². The van der Waals surface area contributed by atoms with Crippen molar-refractivity contribution >= 4 is 51.3 Å². The Morgan fingerprint density at radius 1 is 0.913 bits per heavy atom. The van der Waals surface area contributed by atoms with Gasteiger partial charge in [-0.2, -0.15) is 0 Å². The summed E-state index contributed by atoms with van der Waals surface area (Å²) in [6.45, 7) is 3.79. The number of aryl methyl sites for hydroxylation is 2. The Morgan fingerprint density at radius 3 is 2.48 bits per heavy atom. The van der Waals surface area contributed by atoms with Gasteiger partial charge in [0.2, 0.25) is 5.13 Å². The lowest BCUT2D eigenvalue weighted by Crippen LogP contribution is -2.29. The highest BCUT2D eigenvalue weighted by molar-refractivity contribution is 8.00. The second-order valence-corrected chi connectivity index (χ2v) is 12.9. The molecule has 0 bridgehead atoms. The minimum absolute atomic E-state index is 0.0697. The van der Waals surface area contributed by atoms with Crippen molar-refractivity contribution < 1.29 is 19.4 Å². The van der Waals surface area contributed by atoms with Gasteiger partial charge in [-0.3, -0.25) is 18.9 Å². The number of thioether (sulfide) groups is 1. The predicted molar refractivity (Wildman–Crippen MR) is 178 cm³/mol. The Labute approximate surface area is 272 Å². The SMILES string of the molecule is Cc1ccc(CSc2nnc(N3C(=O)C(=O)C(=C(O)c4c(C)nc5ccccn45)C3c3cccc(Oc4ccccc4)c3)s2)cc1. The van der Waals surface area contributed by atoms with Gasteiger partial charge >= 0.3 is 5.91 Å². The molecule has 3 aromatic heterocycles. The largest absolute Gasteiger partial charge is 0.505 e. The summed E-state index contributed by atoms with van der Waals surface area (Å²) in [5.74, 6) is -0.148. The smallest absolute Gasteiger partial charge is 0.301 e. The van der Waals surface area contributed by atoms with E-state index in [4.69, 9.17) is 4.74 Å². The summed E-state index contributed by atoms with van der Waals surface area (Å²) in [7, 11) is 0. The first kappa shape index (κ1) is 29.5. The number of rotatable bonds is 8. The van der Waals surface area contributed by atoms with Crippen LogP contribution in [0, 0.1) is 13.8 Å². The molecule has 1 N–H and O–H groups in total. The van der Waals surface area contributed by atoms with Crippen molar-refractivity contribution in [2.45, 2.75) is 30.0 Å². The van der Waals surface area contributed by atoms with Gasteiger partial charge in [0.05, 0.1) is 17.3 Å². The molecule has 7 rings (SSSR count). The molecule has 228 valence electrons. The number of benzene rings is 3. The Balaban J connectivity index is 1.32. The first-order chi connectivity index (χ1) is 22.4. The van der Waals surface area contributed by atoms with Crippen molar-refractivity contribution in [1.82, 2.24) is 19.6 Å². The molecule has 1 aliphatic heterocycles. The number of hydrogen-bond donors (Lipinski definition) is 1. The van der Waals surface area contributed by atoms with Crippen LogP contribution in [0.25, 0.3) is 11.4 Å². The molecule has 1 saturated heterocycles. The molecule has 1 atom stereocenters. The summed E-state index contributed by atoms with van der Waals surface area (Å²) in [6.07, 6.45) is 1.76. The number of carbonyl (C=O) groups is 2. The molecule has 46 heavy (non-hydrogen) atoms. The number of ether oxygens (including phenoxy) is 1. The number of amides is 1. The molecule has 0 saturated carbocycles. The van der Waals surface area contributed by atoms with Gasteiger partial charge in [-0.25, -0.2) is 4.98 Å².